The van der Waals surface area contributed by atoms with E-state index in [0.717, 1.165) is 13.1 Å². The highest BCUT2D eigenvalue weighted by Gasteiger charge is 2.28. The van der Waals surface area contributed by atoms with E-state index >= 15 is 0 Å². The largest absolute Gasteiger partial charge is 0.378 e. The van der Waals surface area contributed by atoms with Crippen LogP contribution in [0.25, 0.3) is 0 Å². The standard InChI is InChI=1S/C12H16N2O2/c1-16-11-8-13-7-10(11)14-12(15)9-5-3-2-4-6-9/h2-6,10-11,13H,7-8H2,1H3,(H,14,15)/t10?,11-/m0/s1. The molecule has 0 spiro atoms. The van der Waals surface area contributed by atoms with E-state index in [1.54, 1.807) is 19.2 Å². The number of hydrogen-bond donors (Lipinski definition) is 2. The number of carbonyl (C=O) groups excluding carboxylic acids is 1. The number of nitrogens with one attached hydrogen (secondary N) is 2. The van der Waals surface area contributed by atoms with Crippen LogP contribution in [0.3, 0.4) is 0 Å². The van der Waals surface area contributed by atoms with E-state index in [-0.39, 0.29) is 18.1 Å². The van der Waals surface area contributed by atoms with Crippen LogP contribution in [0.5, 0.6) is 0 Å². The maximum absolute atomic E-state index is 11.9. The Bertz CT molecular complexity index is 353. The molecule has 0 radical (unpaired) electrons. The van der Waals surface area contributed by atoms with E-state index in [2.05, 4.69) is 10.6 Å². The maximum atomic E-state index is 11.9. The summed E-state index contributed by atoms with van der Waals surface area (Å²) in [6, 6.07) is 9.27. The first-order valence-corrected chi connectivity index (χ1v) is 5.40. The molecule has 1 fully saturated rings. The lowest BCUT2D eigenvalue weighted by atomic mass is 10.1. The van der Waals surface area contributed by atoms with Gasteiger partial charge in [-0.1, -0.05) is 18.2 Å². The second-order valence-corrected chi connectivity index (χ2v) is 3.88. The molecule has 0 aliphatic carbocycles. The summed E-state index contributed by atoms with van der Waals surface area (Å²) in [5, 5.41) is 6.16. The molecular weight excluding hydrogens is 204 g/mol. The van der Waals surface area contributed by atoms with Crippen LogP contribution in [-0.4, -0.2) is 38.3 Å². The first kappa shape index (κ1) is 11.1. The molecule has 2 atom stereocenters. The van der Waals surface area contributed by atoms with Gasteiger partial charge in [-0.05, 0) is 12.1 Å². The summed E-state index contributed by atoms with van der Waals surface area (Å²) in [5.74, 6) is -0.0450. The van der Waals surface area contributed by atoms with Gasteiger partial charge in [0.25, 0.3) is 5.91 Å². The Morgan fingerprint density at radius 1 is 1.38 bits per heavy atom. The normalized spacial score (nSPS) is 24.3. The SMILES string of the molecule is CO[C@H]1CNCC1NC(=O)c1ccccc1. The Morgan fingerprint density at radius 2 is 2.12 bits per heavy atom. The molecule has 86 valence electrons. The third-order valence-corrected chi connectivity index (χ3v) is 2.81. The summed E-state index contributed by atoms with van der Waals surface area (Å²) in [7, 11) is 1.67. The number of amides is 1. The first-order chi connectivity index (χ1) is 7.81. The smallest absolute Gasteiger partial charge is 0.251 e. The van der Waals surface area contributed by atoms with Gasteiger partial charge in [0.2, 0.25) is 0 Å². The average molecular weight is 220 g/mol. The van der Waals surface area contributed by atoms with Gasteiger partial charge < -0.3 is 15.4 Å². The lowest BCUT2D eigenvalue weighted by Crippen LogP contribution is -2.43. The molecule has 1 saturated heterocycles. The fraction of sp³-hybridized carbons (Fsp3) is 0.417. The number of benzene rings is 1. The minimum Gasteiger partial charge on any atom is -0.378 e. The predicted molar refractivity (Wildman–Crippen MR) is 61.4 cm³/mol. The van der Waals surface area contributed by atoms with E-state index < -0.39 is 0 Å². The Labute approximate surface area is 95.0 Å². The van der Waals surface area contributed by atoms with Gasteiger partial charge in [0, 0.05) is 25.8 Å². The Kier molecular flexibility index (Phi) is 3.54. The quantitative estimate of drug-likeness (QED) is 0.775. The van der Waals surface area contributed by atoms with Crippen LogP contribution in [0.2, 0.25) is 0 Å². The monoisotopic (exact) mass is 220 g/mol. The maximum Gasteiger partial charge on any atom is 0.251 e. The summed E-state index contributed by atoms with van der Waals surface area (Å²) in [5.41, 5.74) is 0.684. The molecule has 4 heteroatoms. The zero-order valence-electron chi connectivity index (χ0n) is 9.27. The van der Waals surface area contributed by atoms with Crippen molar-refractivity contribution in [2.75, 3.05) is 20.2 Å². The van der Waals surface area contributed by atoms with Gasteiger partial charge in [-0.15, -0.1) is 0 Å². The fourth-order valence-electron chi connectivity index (χ4n) is 1.89. The zero-order valence-corrected chi connectivity index (χ0v) is 9.27. The first-order valence-electron chi connectivity index (χ1n) is 5.40. The van der Waals surface area contributed by atoms with Gasteiger partial charge in [0.05, 0.1) is 12.1 Å². The fourth-order valence-corrected chi connectivity index (χ4v) is 1.89. The third-order valence-electron chi connectivity index (χ3n) is 2.81. The molecule has 1 aromatic carbocycles. The number of rotatable bonds is 3. The van der Waals surface area contributed by atoms with Crippen LogP contribution in [0, 0.1) is 0 Å². The van der Waals surface area contributed by atoms with Crippen molar-refractivity contribution in [2.24, 2.45) is 0 Å². The summed E-state index contributed by atoms with van der Waals surface area (Å²) in [6.07, 6.45) is 0.0627. The van der Waals surface area contributed by atoms with Gasteiger partial charge >= 0.3 is 0 Å². The number of methoxy groups -OCH3 is 1. The highest BCUT2D eigenvalue weighted by atomic mass is 16.5. The van der Waals surface area contributed by atoms with Crippen molar-refractivity contribution < 1.29 is 9.53 Å². The number of ether oxygens (including phenoxy) is 1. The van der Waals surface area contributed by atoms with Gasteiger partial charge in [0.1, 0.15) is 0 Å². The lowest BCUT2D eigenvalue weighted by molar-refractivity contribution is 0.0780. The molecule has 0 saturated carbocycles. The second kappa shape index (κ2) is 5.09. The highest BCUT2D eigenvalue weighted by Crippen LogP contribution is 2.05. The van der Waals surface area contributed by atoms with Crippen molar-refractivity contribution >= 4 is 5.91 Å². The van der Waals surface area contributed by atoms with Crippen molar-refractivity contribution in [2.45, 2.75) is 12.1 Å². The zero-order chi connectivity index (χ0) is 11.4. The number of hydrogen-bond acceptors (Lipinski definition) is 3. The average Bonchev–Trinajstić information content (AvgIpc) is 2.77. The molecule has 4 nitrogen and oxygen atoms in total. The van der Waals surface area contributed by atoms with Crippen molar-refractivity contribution in [3.8, 4) is 0 Å². The van der Waals surface area contributed by atoms with Crippen LogP contribution in [0.15, 0.2) is 30.3 Å². The van der Waals surface area contributed by atoms with Crippen LogP contribution < -0.4 is 10.6 Å². The van der Waals surface area contributed by atoms with E-state index in [1.807, 2.05) is 18.2 Å². The molecule has 0 bridgehead atoms. The van der Waals surface area contributed by atoms with Gasteiger partial charge in [-0.2, -0.15) is 0 Å². The molecule has 16 heavy (non-hydrogen) atoms. The molecule has 1 aliphatic rings. The summed E-state index contributed by atoms with van der Waals surface area (Å²) in [6.45, 7) is 1.55. The van der Waals surface area contributed by atoms with E-state index in [4.69, 9.17) is 4.74 Å². The highest BCUT2D eigenvalue weighted by molar-refractivity contribution is 5.94. The lowest BCUT2D eigenvalue weighted by Gasteiger charge is -2.18. The van der Waals surface area contributed by atoms with Crippen LogP contribution >= 0.6 is 0 Å². The van der Waals surface area contributed by atoms with E-state index in [9.17, 15) is 4.79 Å². The Balaban J connectivity index is 1.97. The van der Waals surface area contributed by atoms with Gasteiger partial charge in [0.15, 0.2) is 0 Å². The Hall–Kier alpha value is -1.39. The second-order valence-electron chi connectivity index (χ2n) is 3.88. The minimum absolute atomic E-state index is 0.0450. The van der Waals surface area contributed by atoms with Gasteiger partial charge in [-0.25, -0.2) is 0 Å². The van der Waals surface area contributed by atoms with Crippen LogP contribution in [0.1, 0.15) is 10.4 Å². The molecule has 1 aromatic rings. The molecule has 1 heterocycles. The molecule has 1 amide bonds. The van der Waals surface area contributed by atoms with Gasteiger partial charge in [-0.3, -0.25) is 4.79 Å². The topological polar surface area (TPSA) is 50.4 Å². The third kappa shape index (κ3) is 2.40. The molecule has 1 unspecified atom stereocenters. The molecule has 2 N–H and O–H groups in total. The van der Waals surface area contributed by atoms with Crippen LogP contribution in [-0.2, 0) is 4.74 Å². The number of carbonyl (C=O) groups is 1. The molecule has 2 rings (SSSR count). The summed E-state index contributed by atoms with van der Waals surface area (Å²) in [4.78, 5) is 11.9. The van der Waals surface area contributed by atoms with E-state index in [1.165, 1.54) is 0 Å². The van der Waals surface area contributed by atoms with Crippen molar-refractivity contribution in [1.82, 2.24) is 10.6 Å². The predicted octanol–water partition coefficient (Wildman–Crippen LogP) is 0.403. The van der Waals surface area contributed by atoms with Crippen molar-refractivity contribution in [3.05, 3.63) is 35.9 Å². The van der Waals surface area contributed by atoms with Crippen molar-refractivity contribution in [3.63, 3.8) is 0 Å². The van der Waals surface area contributed by atoms with Crippen LogP contribution in [0.4, 0.5) is 0 Å². The minimum atomic E-state index is -0.0450. The van der Waals surface area contributed by atoms with Crippen molar-refractivity contribution in [1.29, 1.82) is 0 Å². The Morgan fingerprint density at radius 3 is 2.81 bits per heavy atom. The molecule has 0 aromatic heterocycles. The van der Waals surface area contributed by atoms with E-state index in [0.29, 0.717) is 5.56 Å². The summed E-state index contributed by atoms with van der Waals surface area (Å²) >= 11 is 0. The molecular formula is C12H16N2O2. The molecule has 1 aliphatic heterocycles. The summed E-state index contributed by atoms with van der Waals surface area (Å²) < 4.78 is 5.28.